The molecule has 0 aliphatic rings. The number of hydrogen-bond acceptors (Lipinski definition) is 3. The molecule has 0 heterocycles. The van der Waals surface area contributed by atoms with E-state index in [4.69, 9.17) is 5.73 Å². The van der Waals surface area contributed by atoms with E-state index in [-0.39, 0.29) is 0 Å². The van der Waals surface area contributed by atoms with Gasteiger partial charge in [0.25, 0.3) is 0 Å². The minimum absolute atomic E-state index is 0.843. The topological polar surface area (TPSA) is 41.3 Å². The second-order valence-corrected chi connectivity index (χ2v) is 3.81. The van der Waals surface area contributed by atoms with E-state index in [1.807, 2.05) is 13.0 Å². The van der Waals surface area contributed by atoms with Crippen molar-refractivity contribution in [2.45, 2.75) is 27.7 Å². The number of rotatable bonds is 4. The molecule has 0 fully saturated rings. The van der Waals surface area contributed by atoms with E-state index >= 15 is 0 Å². The number of nitrogens with two attached hydrogens (primary N) is 1. The fraction of sp³-hybridized carbons (Fsp3) is 0.500. The van der Waals surface area contributed by atoms with Crippen molar-refractivity contribution in [3.63, 3.8) is 0 Å². The maximum atomic E-state index is 5.89. The molecule has 3 heteroatoms. The Labute approximate surface area is 92.2 Å². The lowest BCUT2D eigenvalue weighted by atomic mass is 10.1. The zero-order valence-corrected chi connectivity index (χ0v) is 10.1. The van der Waals surface area contributed by atoms with Crippen molar-refractivity contribution in [2.75, 3.05) is 24.2 Å². The van der Waals surface area contributed by atoms with Gasteiger partial charge in [0.15, 0.2) is 0 Å². The van der Waals surface area contributed by atoms with E-state index in [0.29, 0.717) is 0 Å². The Morgan fingerprint density at radius 3 is 2.27 bits per heavy atom. The molecule has 3 nitrogen and oxygen atoms in total. The number of nitrogen functional groups attached to an aromatic ring is 1. The van der Waals surface area contributed by atoms with E-state index in [0.717, 1.165) is 30.0 Å². The summed E-state index contributed by atoms with van der Waals surface area (Å²) in [7, 11) is 0. The van der Waals surface area contributed by atoms with Gasteiger partial charge in [0.05, 0.1) is 5.69 Å². The number of anilines is 2. The molecule has 0 saturated carbocycles. The van der Waals surface area contributed by atoms with Crippen LogP contribution in [-0.4, -0.2) is 18.1 Å². The molecule has 0 amide bonds. The highest BCUT2D eigenvalue weighted by Crippen LogP contribution is 2.22. The number of nitrogens with one attached hydrogen (secondary N) is 1. The first-order chi connectivity index (χ1) is 7.08. The van der Waals surface area contributed by atoms with Crippen molar-refractivity contribution in [1.29, 1.82) is 0 Å². The maximum Gasteiger partial charge on any atom is 0.0539 e. The van der Waals surface area contributed by atoms with Gasteiger partial charge in [0, 0.05) is 18.8 Å². The number of nitrogens with zero attached hydrogens (tertiary/aromatic N) is 1. The lowest BCUT2D eigenvalue weighted by molar-refractivity contribution is 0.367. The van der Waals surface area contributed by atoms with Crippen molar-refractivity contribution in [1.82, 2.24) is 5.01 Å². The fourth-order valence-electron chi connectivity index (χ4n) is 1.54. The van der Waals surface area contributed by atoms with Gasteiger partial charge >= 0.3 is 0 Å². The first kappa shape index (κ1) is 11.9. The second kappa shape index (κ2) is 5.03. The smallest absolute Gasteiger partial charge is 0.0539 e. The highest BCUT2D eigenvalue weighted by Gasteiger charge is 2.04. The van der Waals surface area contributed by atoms with Gasteiger partial charge in [-0.15, -0.1) is 0 Å². The van der Waals surface area contributed by atoms with Gasteiger partial charge in [-0.05, 0) is 31.0 Å². The number of aryl methyl sites for hydroxylation is 2. The van der Waals surface area contributed by atoms with Crippen molar-refractivity contribution < 1.29 is 0 Å². The Bertz CT molecular complexity index is 330. The minimum atomic E-state index is 0.843. The summed E-state index contributed by atoms with van der Waals surface area (Å²) in [4.78, 5) is 0. The summed E-state index contributed by atoms with van der Waals surface area (Å²) in [5, 5.41) is 2.15. The van der Waals surface area contributed by atoms with Gasteiger partial charge in [-0.3, -0.25) is 0 Å². The SMILES string of the molecule is CCN(CC)Nc1cc(N)c(C)cc1C. The lowest BCUT2D eigenvalue weighted by Gasteiger charge is -2.22. The number of hydrazine groups is 1. The molecule has 0 radical (unpaired) electrons. The molecule has 0 aromatic heterocycles. The van der Waals surface area contributed by atoms with Crippen molar-refractivity contribution in [2.24, 2.45) is 0 Å². The van der Waals surface area contributed by atoms with E-state index in [1.54, 1.807) is 0 Å². The van der Waals surface area contributed by atoms with E-state index in [9.17, 15) is 0 Å². The average Bonchev–Trinajstić information content (AvgIpc) is 2.21. The highest BCUT2D eigenvalue weighted by atomic mass is 15.5. The summed E-state index contributed by atoms with van der Waals surface area (Å²) < 4.78 is 0. The van der Waals surface area contributed by atoms with Crippen LogP contribution in [0.1, 0.15) is 25.0 Å². The molecule has 1 aromatic rings. The van der Waals surface area contributed by atoms with Gasteiger partial charge < -0.3 is 11.2 Å². The Kier molecular flexibility index (Phi) is 3.97. The molecule has 3 N–H and O–H groups in total. The largest absolute Gasteiger partial charge is 0.398 e. The van der Waals surface area contributed by atoms with Crippen LogP contribution in [0.25, 0.3) is 0 Å². The van der Waals surface area contributed by atoms with Crippen LogP contribution in [0.4, 0.5) is 11.4 Å². The summed E-state index contributed by atoms with van der Waals surface area (Å²) in [5.41, 5.74) is 13.6. The first-order valence-electron chi connectivity index (χ1n) is 5.46. The van der Waals surface area contributed by atoms with Gasteiger partial charge in [-0.1, -0.05) is 19.9 Å². The Morgan fingerprint density at radius 1 is 1.13 bits per heavy atom. The van der Waals surface area contributed by atoms with Gasteiger partial charge in [0.1, 0.15) is 0 Å². The van der Waals surface area contributed by atoms with Crippen LogP contribution in [0.2, 0.25) is 0 Å². The standard InChI is InChI=1S/C12H21N3/c1-5-15(6-2)14-12-8-11(13)9(3)7-10(12)4/h7-8,14H,5-6,13H2,1-4H3. The second-order valence-electron chi connectivity index (χ2n) is 3.81. The van der Waals surface area contributed by atoms with Crippen LogP contribution in [0.15, 0.2) is 12.1 Å². The average molecular weight is 207 g/mol. The molecule has 0 atom stereocenters. The van der Waals surface area contributed by atoms with Crippen molar-refractivity contribution in [3.8, 4) is 0 Å². The summed E-state index contributed by atoms with van der Waals surface area (Å²) in [5.74, 6) is 0. The molecular weight excluding hydrogens is 186 g/mol. The summed E-state index contributed by atoms with van der Waals surface area (Å²) in [6.07, 6.45) is 0. The van der Waals surface area contributed by atoms with Crippen LogP contribution >= 0.6 is 0 Å². The lowest BCUT2D eigenvalue weighted by Crippen LogP contribution is -2.29. The molecule has 0 saturated heterocycles. The molecule has 1 aromatic carbocycles. The fourth-order valence-corrected chi connectivity index (χ4v) is 1.54. The number of benzene rings is 1. The monoisotopic (exact) mass is 207 g/mol. The van der Waals surface area contributed by atoms with Crippen LogP contribution in [0.3, 0.4) is 0 Å². The Morgan fingerprint density at radius 2 is 1.73 bits per heavy atom. The predicted octanol–water partition coefficient (Wildman–Crippen LogP) is 2.55. The van der Waals surface area contributed by atoms with E-state index < -0.39 is 0 Å². The third kappa shape index (κ3) is 2.86. The molecule has 0 bridgehead atoms. The van der Waals surface area contributed by atoms with E-state index in [1.165, 1.54) is 5.56 Å². The molecule has 0 spiro atoms. The third-order valence-corrected chi connectivity index (χ3v) is 2.66. The zero-order chi connectivity index (χ0) is 11.4. The summed E-state index contributed by atoms with van der Waals surface area (Å²) in [6, 6.07) is 4.12. The maximum absolute atomic E-state index is 5.89. The van der Waals surface area contributed by atoms with Gasteiger partial charge in [-0.25, -0.2) is 5.01 Å². The quantitative estimate of drug-likeness (QED) is 0.589. The summed E-state index contributed by atoms with van der Waals surface area (Å²) in [6.45, 7) is 10.3. The minimum Gasteiger partial charge on any atom is -0.398 e. The van der Waals surface area contributed by atoms with Gasteiger partial charge in [-0.2, -0.15) is 0 Å². The predicted molar refractivity (Wildman–Crippen MR) is 66.9 cm³/mol. The van der Waals surface area contributed by atoms with Crippen LogP contribution in [0, 0.1) is 13.8 Å². The molecule has 84 valence electrons. The molecule has 1 rings (SSSR count). The van der Waals surface area contributed by atoms with Crippen LogP contribution in [-0.2, 0) is 0 Å². The molecule has 15 heavy (non-hydrogen) atoms. The van der Waals surface area contributed by atoms with Crippen LogP contribution < -0.4 is 11.2 Å². The molecule has 0 unspecified atom stereocenters. The van der Waals surface area contributed by atoms with Crippen LogP contribution in [0.5, 0.6) is 0 Å². The summed E-state index contributed by atoms with van der Waals surface area (Å²) >= 11 is 0. The molecular formula is C12H21N3. The van der Waals surface area contributed by atoms with Gasteiger partial charge in [0.2, 0.25) is 0 Å². The van der Waals surface area contributed by atoms with E-state index in [2.05, 4.69) is 37.3 Å². The normalized spacial score (nSPS) is 10.7. The Balaban J connectivity index is 2.89. The third-order valence-electron chi connectivity index (χ3n) is 2.66. The van der Waals surface area contributed by atoms with Crippen molar-refractivity contribution >= 4 is 11.4 Å². The zero-order valence-electron chi connectivity index (χ0n) is 10.1. The highest BCUT2D eigenvalue weighted by molar-refractivity contribution is 5.62. The molecule has 0 aliphatic heterocycles. The Hall–Kier alpha value is -1.22. The van der Waals surface area contributed by atoms with Crippen molar-refractivity contribution in [3.05, 3.63) is 23.3 Å². The molecule has 0 aliphatic carbocycles. The first-order valence-corrected chi connectivity index (χ1v) is 5.46. The number of hydrogen-bond donors (Lipinski definition) is 2.